The SMILES string of the molecule is CCO[C@@H](Cc1ccc(OC/C=C(\C)c2ccc(-c3cccc(C(F)(F)F)c3)cc2C(F)(F)F)cc1)C(=O)O. The number of alkyl halides is 6. The molecule has 0 radical (unpaired) electrons. The third-order valence-corrected chi connectivity index (χ3v) is 5.90. The van der Waals surface area contributed by atoms with Crippen LogP contribution in [0.25, 0.3) is 16.7 Å². The highest BCUT2D eigenvalue weighted by molar-refractivity contribution is 5.74. The Morgan fingerprint density at radius 1 is 0.923 bits per heavy atom. The Balaban J connectivity index is 1.76. The van der Waals surface area contributed by atoms with E-state index in [-0.39, 0.29) is 41.9 Å². The molecule has 0 saturated heterocycles. The average molecular weight is 553 g/mol. The molecular formula is C29H26F6O4. The Kier molecular flexibility index (Phi) is 9.45. The van der Waals surface area contributed by atoms with Crippen molar-refractivity contribution in [3.8, 4) is 16.9 Å². The molecular weight excluding hydrogens is 526 g/mol. The highest BCUT2D eigenvalue weighted by Gasteiger charge is 2.34. The minimum absolute atomic E-state index is 0.00999. The monoisotopic (exact) mass is 552 g/mol. The van der Waals surface area contributed by atoms with E-state index in [0.29, 0.717) is 11.3 Å². The van der Waals surface area contributed by atoms with Crippen molar-refractivity contribution in [1.82, 2.24) is 0 Å². The fourth-order valence-electron chi connectivity index (χ4n) is 3.90. The zero-order valence-electron chi connectivity index (χ0n) is 21.1. The zero-order valence-corrected chi connectivity index (χ0v) is 21.1. The van der Waals surface area contributed by atoms with E-state index in [1.54, 1.807) is 31.2 Å². The number of carboxylic acids is 1. The van der Waals surface area contributed by atoms with Gasteiger partial charge in [0.2, 0.25) is 0 Å². The van der Waals surface area contributed by atoms with Gasteiger partial charge in [0, 0.05) is 13.0 Å². The molecule has 0 aliphatic rings. The lowest BCUT2D eigenvalue weighted by Crippen LogP contribution is -2.26. The molecule has 0 heterocycles. The molecule has 0 aliphatic heterocycles. The largest absolute Gasteiger partial charge is 0.490 e. The standard InChI is InChI=1S/C29H26F6O4/c1-3-38-26(27(36)37)15-19-7-10-23(11-8-19)39-14-13-18(2)24-12-9-21(17-25(24)29(33,34)35)20-5-4-6-22(16-20)28(30,31)32/h4-13,16-17,26H,3,14-15H2,1-2H3,(H,36,37)/b18-13+/t26-/m0/s1. The van der Waals surface area contributed by atoms with Crippen LogP contribution in [-0.2, 0) is 28.3 Å². The van der Waals surface area contributed by atoms with Gasteiger partial charge in [0.15, 0.2) is 6.10 Å². The molecule has 3 aromatic rings. The summed E-state index contributed by atoms with van der Waals surface area (Å²) >= 11 is 0. The lowest BCUT2D eigenvalue weighted by molar-refractivity contribution is -0.150. The lowest BCUT2D eigenvalue weighted by atomic mass is 9.94. The maximum Gasteiger partial charge on any atom is 0.417 e. The van der Waals surface area contributed by atoms with Gasteiger partial charge < -0.3 is 14.6 Å². The van der Waals surface area contributed by atoms with Crippen LogP contribution in [0.5, 0.6) is 5.75 Å². The molecule has 1 atom stereocenters. The van der Waals surface area contributed by atoms with E-state index in [4.69, 9.17) is 9.47 Å². The summed E-state index contributed by atoms with van der Waals surface area (Å²) in [4.78, 5) is 11.2. The molecule has 10 heteroatoms. The quantitative estimate of drug-likeness (QED) is 0.260. The molecule has 0 aromatic heterocycles. The lowest BCUT2D eigenvalue weighted by Gasteiger charge is -2.16. The van der Waals surface area contributed by atoms with Gasteiger partial charge in [0.05, 0.1) is 11.1 Å². The van der Waals surface area contributed by atoms with Crippen LogP contribution in [-0.4, -0.2) is 30.4 Å². The predicted octanol–water partition coefficient (Wildman–Crippen LogP) is 7.91. The number of rotatable bonds is 10. The van der Waals surface area contributed by atoms with Gasteiger partial charge in [-0.25, -0.2) is 4.79 Å². The summed E-state index contributed by atoms with van der Waals surface area (Å²) in [6.07, 6.45) is -8.70. The second kappa shape index (κ2) is 12.4. The number of benzene rings is 3. The van der Waals surface area contributed by atoms with Crippen LogP contribution in [0, 0.1) is 0 Å². The maximum atomic E-state index is 13.9. The summed E-state index contributed by atoms with van der Waals surface area (Å²) in [6, 6.07) is 14.2. The van der Waals surface area contributed by atoms with Crippen LogP contribution in [0.1, 0.15) is 36.1 Å². The number of allylic oxidation sites excluding steroid dienone is 1. The molecule has 3 rings (SSSR count). The molecule has 4 nitrogen and oxygen atoms in total. The van der Waals surface area contributed by atoms with Crippen molar-refractivity contribution in [2.45, 2.75) is 38.7 Å². The maximum absolute atomic E-state index is 13.9. The van der Waals surface area contributed by atoms with E-state index >= 15 is 0 Å². The van der Waals surface area contributed by atoms with Gasteiger partial charge in [-0.3, -0.25) is 0 Å². The van der Waals surface area contributed by atoms with Crippen LogP contribution < -0.4 is 4.74 Å². The Hall–Kier alpha value is -3.79. The van der Waals surface area contributed by atoms with Crippen LogP contribution in [0.15, 0.2) is 72.8 Å². The Morgan fingerprint density at radius 3 is 2.18 bits per heavy atom. The molecule has 0 saturated carbocycles. The molecule has 0 unspecified atom stereocenters. The Bertz CT molecular complexity index is 1310. The number of aliphatic carboxylic acids is 1. The molecule has 1 N–H and O–H groups in total. The van der Waals surface area contributed by atoms with Gasteiger partial charge >= 0.3 is 18.3 Å². The van der Waals surface area contributed by atoms with Gasteiger partial charge in [-0.1, -0.05) is 36.4 Å². The summed E-state index contributed by atoms with van der Waals surface area (Å²) in [7, 11) is 0. The van der Waals surface area contributed by atoms with Crippen molar-refractivity contribution in [3.05, 3.63) is 95.1 Å². The predicted molar refractivity (Wildman–Crippen MR) is 134 cm³/mol. The zero-order chi connectivity index (χ0) is 28.8. The molecule has 0 bridgehead atoms. The van der Waals surface area contributed by atoms with E-state index in [2.05, 4.69) is 0 Å². The number of carbonyl (C=O) groups is 1. The van der Waals surface area contributed by atoms with Crippen molar-refractivity contribution in [2.24, 2.45) is 0 Å². The fraction of sp³-hybridized carbons (Fsp3) is 0.276. The van der Waals surface area contributed by atoms with Gasteiger partial charge in [-0.2, -0.15) is 26.3 Å². The minimum Gasteiger partial charge on any atom is -0.490 e. The second-order valence-corrected chi connectivity index (χ2v) is 8.67. The van der Waals surface area contributed by atoms with Crippen molar-refractivity contribution >= 4 is 11.5 Å². The first-order chi connectivity index (χ1) is 18.3. The van der Waals surface area contributed by atoms with Crippen molar-refractivity contribution in [3.63, 3.8) is 0 Å². The first-order valence-electron chi connectivity index (χ1n) is 11.9. The summed E-state index contributed by atoms with van der Waals surface area (Å²) in [5.41, 5.74) is -1.02. The van der Waals surface area contributed by atoms with Gasteiger partial charge in [-0.05, 0) is 78.1 Å². The summed E-state index contributed by atoms with van der Waals surface area (Å²) in [5.74, 6) is -0.638. The minimum atomic E-state index is -4.74. The third kappa shape index (κ3) is 8.10. The van der Waals surface area contributed by atoms with Gasteiger partial charge in [-0.15, -0.1) is 0 Å². The first-order valence-corrected chi connectivity index (χ1v) is 11.9. The average Bonchev–Trinajstić information content (AvgIpc) is 2.88. The van der Waals surface area contributed by atoms with E-state index < -0.39 is 35.6 Å². The fourth-order valence-corrected chi connectivity index (χ4v) is 3.90. The Morgan fingerprint density at radius 2 is 1.59 bits per heavy atom. The number of hydrogen-bond acceptors (Lipinski definition) is 3. The number of carboxylic acid groups (broad SMARTS) is 1. The second-order valence-electron chi connectivity index (χ2n) is 8.67. The van der Waals surface area contributed by atoms with Crippen LogP contribution in [0.4, 0.5) is 26.3 Å². The smallest absolute Gasteiger partial charge is 0.417 e. The first kappa shape index (κ1) is 29.8. The Labute approximate surface area is 221 Å². The molecule has 0 aliphatic carbocycles. The van der Waals surface area contributed by atoms with Crippen molar-refractivity contribution in [1.29, 1.82) is 0 Å². The number of hydrogen-bond donors (Lipinski definition) is 1. The van der Waals surface area contributed by atoms with E-state index in [1.165, 1.54) is 31.2 Å². The summed E-state index contributed by atoms with van der Waals surface area (Å²) in [6.45, 7) is 3.40. The molecule has 39 heavy (non-hydrogen) atoms. The van der Waals surface area contributed by atoms with Gasteiger partial charge in [0.1, 0.15) is 12.4 Å². The van der Waals surface area contributed by atoms with Gasteiger partial charge in [0.25, 0.3) is 0 Å². The molecule has 208 valence electrons. The van der Waals surface area contributed by atoms with E-state index in [1.807, 2.05) is 0 Å². The molecule has 3 aromatic carbocycles. The van der Waals surface area contributed by atoms with Crippen LogP contribution in [0.2, 0.25) is 0 Å². The van der Waals surface area contributed by atoms with E-state index in [0.717, 1.165) is 24.3 Å². The van der Waals surface area contributed by atoms with Crippen LogP contribution in [0.3, 0.4) is 0 Å². The molecule has 0 amide bonds. The highest BCUT2D eigenvalue weighted by atomic mass is 19.4. The van der Waals surface area contributed by atoms with Crippen LogP contribution >= 0.6 is 0 Å². The summed E-state index contributed by atoms with van der Waals surface area (Å²) in [5, 5.41) is 9.20. The summed E-state index contributed by atoms with van der Waals surface area (Å²) < 4.78 is 91.7. The van der Waals surface area contributed by atoms with E-state index in [9.17, 15) is 36.2 Å². The number of halogens is 6. The normalized spacial score (nSPS) is 13.3. The molecule has 0 fully saturated rings. The van der Waals surface area contributed by atoms with Crippen molar-refractivity contribution in [2.75, 3.05) is 13.2 Å². The van der Waals surface area contributed by atoms with Crippen molar-refractivity contribution < 1.29 is 45.7 Å². The topological polar surface area (TPSA) is 55.8 Å². The highest BCUT2D eigenvalue weighted by Crippen LogP contribution is 2.39. The number of ether oxygens (including phenoxy) is 2. The third-order valence-electron chi connectivity index (χ3n) is 5.90. The molecule has 0 spiro atoms.